The Balaban J connectivity index is 1.65. The second kappa shape index (κ2) is 9.91. The first kappa shape index (κ1) is 24.3. The van der Waals surface area contributed by atoms with E-state index in [-0.39, 0.29) is 11.4 Å². The number of thiophene rings is 1. The van der Waals surface area contributed by atoms with Gasteiger partial charge in [-0.15, -0.1) is 22.7 Å². The van der Waals surface area contributed by atoms with Gasteiger partial charge in [0.25, 0.3) is 5.56 Å². The van der Waals surface area contributed by atoms with E-state index < -0.39 is 0 Å². The summed E-state index contributed by atoms with van der Waals surface area (Å²) in [5.74, 6) is 0.127. The van der Waals surface area contributed by atoms with Gasteiger partial charge in [0, 0.05) is 32.3 Å². The van der Waals surface area contributed by atoms with E-state index in [4.69, 9.17) is 9.97 Å². The Morgan fingerprint density at radius 2 is 1.64 bits per heavy atom. The van der Waals surface area contributed by atoms with Crippen LogP contribution in [0.2, 0.25) is 0 Å². The van der Waals surface area contributed by atoms with Crippen molar-refractivity contribution >= 4 is 22.7 Å². The van der Waals surface area contributed by atoms with Crippen molar-refractivity contribution in [2.75, 3.05) is 0 Å². The van der Waals surface area contributed by atoms with Crippen LogP contribution in [0.5, 0.6) is 0 Å². The molecule has 182 valence electrons. The van der Waals surface area contributed by atoms with Crippen LogP contribution in [0, 0.1) is 33.5 Å². The van der Waals surface area contributed by atoms with Crippen molar-refractivity contribution in [1.29, 1.82) is 0 Å². The van der Waals surface area contributed by atoms with E-state index in [9.17, 15) is 9.18 Å². The van der Waals surface area contributed by atoms with Crippen LogP contribution in [-0.4, -0.2) is 14.5 Å². The van der Waals surface area contributed by atoms with Gasteiger partial charge in [-0.1, -0.05) is 42.5 Å². The summed E-state index contributed by atoms with van der Waals surface area (Å²) in [5.41, 5.74) is 4.91. The largest absolute Gasteiger partial charge is 0.292 e. The molecule has 5 aromatic rings. The van der Waals surface area contributed by atoms with E-state index in [1.54, 1.807) is 39.4 Å². The molecule has 0 amide bonds. The van der Waals surface area contributed by atoms with Crippen molar-refractivity contribution in [2.45, 2.75) is 40.7 Å². The van der Waals surface area contributed by atoms with E-state index in [1.807, 2.05) is 44.2 Å². The van der Waals surface area contributed by atoms with Crippen LogP contribution in [0.3, 0.4) is 0 Å². The van der Waals surface area contributed by atoms with Gasteiger partial charge in [-0.3, -0.25) is 9.36 Å². The first-order valence-corrected chi connectivity index (χ1v) is 13.4. The molecule has 0 atom stereocenters. The number of hydrogen-bond acceptors (Lipinski definition) is 5. The minimum Gasteiger partial charge on any atom is -0.292 e. The van der Waals surface area contributed by atoms with Gasteiger partial charge in [0.1, 0.15) is 16.6 Å². The molecule has 0 N–H and O–H groups in total. The van der Waals surface area contributed by atoms with Gasteiger partial charge in [-0.25, -0.2) is 14.4 Å². The fourth-order valence-electron chi connectivity index (χ4n) is 4.29. The highest BCUT2D eigenvalue weighted by Crippen LogP contribution is 2.39. The molecule has 3 heterocycles. The molecule has 7 heteroatoms. The Labute approximate surface area is 217 Å². The topological polar surface area (TPSA) is 47.8 Å². The fraction of sp³-hybridized carbons (Fsp3) is 0.207. The summed E-state index contributed by atoms with van der Waals surface area (Å²) in [4.78, 5) is 26.8. The molecule has 0 saturated heterocycles. The number of hydrogen-bond donors (Lipinski definition) is 0. The highest BCUT2D eigenvalue weighted by molar-refractivity contribution is 7.18. The van der Waals surface area contributed by atoms with E-state index in [0.717, 1.165) is 31.6 Å². The standard InChI is InChI=1S/C29H26FN3OS2/c1-17-19(3)36-28(32-17)24-16-25(35-20(24)4)26-18(2)31-27(22-11-8-12-23(30)15-22)33(29(26)34)14-13-21-9-6-5-7-10-21/h5-12,15-16H,13-14H2,1-4H3. The van der Waals surface area contributed by atoms with Crippen molar-refractivity contribution in [3.8, 4) is 32.4 Å². The van der Waals surface area contributed by atoms with Crippen molar-refractivity contribution < 1.29 is 4.39 Å². The fourth-order valence-corrected chi connectivity index (χ4v) is 6.45. The predicted molar refractivity (Wildman–Crippen MR) is 147 cm³/mol. The molecule has 0 aliphatic heterocycles. The molecule has 3 aromatic heterocycles. The summed E-state index contributed by atoms with van der Waals surface area (Å²) in [7, 11) is 0. The molecule has 0 fully saturated rings. The van der Waals surface area contributed by atoms with Crippen LogP contribution in [0.4, 0.5) is 4.39 Å². The summed E-state index contributed by atoms with van der Waals surface area (Å²) < 4.78 is 15.8. The van der Waals surface area contributed by atoms with Crippen molar-refractivity contribution in [2.24, 2.45) is 0 Å². The first-order chi connectivity index (χ1) is 17.3. The summed E-state index contributed by atoms with van der Waals surface area (Å²) in [6.07, 6.45) is 0.666. The summed E-state index contributed by atoms with van der Waals surface area (Å²) in [5, 5.41) is 0.969. The second-order valence-electron chi connectivity index (χ2n) is 8.84. The van der Waals surface area contributed by atoms with Crippen LogP contribution >= 0.6 is 22.7 Å². The average molecular weight is 516 g/mol. The van der Waals surface area contributed by atoms with Crippen molar-refractivity contribution in [3.63, 3.8) is 0 Å². The normalized spacial score (nSPS) is 11.2. The highest BCUT2D eigenvalue weighted by atomic mass is 32.1. The average Bonchev–Trinajstić information content (AvgIpc) is 3.40. The van der Waals surface area contributed by atoms with Crippen LogP contribution in [-0.2, 0) is 13.0 Å². The zero-order valence-electron chi connectivity index (χ0n) is 20.6. The number of aromatic nitrogens is 3. The van der Waals surface area contributed by atoms with E-state index in [2.05, 4.69) is 19.9 Å². The van der Waals surface area contributed by atoms with E-state index in [1.165, 1.54) is 17.0 Å². The smallest absolute Gasteiger partial charge is 0.262 e. The molecular weight excluding hydrogens is 489 g/mol. The third-order valence-corrected chi connectivity index (χ3v) is 8.50. The van der Waals surface area contributed by atoms with Gasteiger partial charge < -0.3 is 0 Å². The maximum Gasteiger partial charge on any atom is 0.262 e. The lowest BCUT2D eigenvalue weighted by atomic mass is 10.1. The molecular formula is C29H26FN3OS2. The van der Waals surface area contributed by atoms with Gasteiger partial charge in [0.2, 0.25) is 0 Å². The third kappa shape index (κ3) is 4.68. The molecule has 0 aliphatic rings. The van der Waals surface area contributed by atoms with Gasteiger partial charge >= 0.3 is 0 Å². The summed E-state index contributed by atoms with van der Waals surface area (Å²) in [6, 6.07) is 18.4. The van der Waals surface area contributed by atoms with E-state index >= 15 is 0 Å². The number of benzene rings is 2. The first-order valence-electron chi connectivity index (χ1n) is 11.8. The second-order valence-corrected chi connectivity index (χ2v) is 11.3. The number of halogens is 1. The minimum absolute atomic E-state index is 0.114. The zero-order chi connectivity index (χ0) is 25.4. The zero-order valence-corrected chi connectivity index (χ0v) is 22.3. The molecule has 2 aromatic carbocycles. The maximum absolute atomic E-state index is 14.1. The van der Waals surface area contributed by atoms with Crippen LogP contribution in [0.1, 0.15) is 26.7 Å². The lowest BCUT2D eigenvalue weighted by Crippen LogP contribution is -2.27. The lowest BCUT2D eigenvalue weighted by Gasteiger charge is -2.16. The lowest BCUT2D eigenvalue weighted by molar-refractivity contribution is 0.626. The minimum atomic E-state index is -0.356. The van der Waals surface area contributed by atoms with Gasteiger partial charge in [-0.2, -0.15) is 0 Å². The SMILES string of the molecule is Cc1nc(-c2cc(-c3c(C)nc(-c4cccc(F)c4)n(CCc4ccccc4)c3=O)sc2C)sc1C. The molecule has 0 aliphatic carbocycles. The number of rotatable bonds is 6. The molecule has 0 spiro atoms. The monoisotopic (exact) mass is 515 g/mol. The van der Waals surface area contributed by atoms with Crippen molar-refractivity contribution in [3.05, 3.63) is 104 Å². The molecule has 0 bridgehead atoms. The summed E-state index contributed by atoms with van der Waals surface area (Å²) in [6.45, 7) is 8.45. The van der Waals surface area contributed by atoms with Crippen molar-refractivity contribution in [1.82, 2.24) is 14.5 Å². The number of thiazole rings is 1. The Hall–Kier alpha value is -3.42. The Morgan fingerprint density at radius 1 is 0.861 bits per heavy atom. The van der Waals surface area contributed by atoms with Gasteiger partial charge in [-0.05, 0) is 57.9 Å². The predicted octanol–water partition coefficient (Wildman–Crippen LogP) is 7.38. The van der Waals surface area contributed by atoms with Crippen LogP contribution in [0.15, 0.2) is 65.5 Å². The van der Waals surface area contributed by atoms with Gasteiger partial charge in [0.05, 0.1) is 17.0 Å². The molecule has 5 rings (SSSR count). The molecule has 4 nitrogen and oxygen atoms in total. The Kier molecular flexibility index (Phi) is 6.69. The number of aryl methyl sites for hydroxylation is 5. The Bertz CT molecular complexity index is 1600. The molecule has 0 radical (unpaired) electrons. The van der Waals surface area contributed by atoms with Gasteiger partial charge in [0.15, 0.2) is 0 Å². The highest BCUT2D eigenvalue weighted by Gasteiger charge is 2.21. The molecule has 0 unspecified atom stereocenters. The number of nitrogens with zero attached hydrogens (tertiary/aromatic N) is 3. The third-order valence-electron chi connectivity index (χ3n) is 6.32. The summed E-state index contributed by atoms with van der Waals surface area (Å²) >= 11 is 3.26. The maximum atomic E-state index is 14.1. The quantitative estimate of drug-likeness (QED) is 0.237. The molecule has 36 heavy (non-hydrogen) atoms. The Morgan fingerprint density at radius 3 is 2.33 bits per heavy atom. The van der Waals surface area contributed by atoms with E-state index in [0.29, 0.717) is 35.6 Å². The van der Waals surface area contributed by atoms with Crippen LogP contribution < -0.4 is 5.56 Å². The van der Waals surface area contributed by atoms with Crippen LogP contribution in [0.25, 0.3) is 32.4 Å². The molecule has 0 saturated carbocycles.